The molecule has 0 saturated carbocycles. The first kappa shape index (κ1) is 11.9. The standard InChI is InChI=1S/C11H12BrClN2O/c12-8-2-1-5-15(7-8)11(16)9-3-4-14-6-10(9)13/h3-4,6,8H,1-2,5,7H2. The Bertz CT molecular complexity index is 399. The highest BCUT2D eigenvalue weighted by atomic mass is 79.9. The van der Waals surface area contributed by atoms with Crippen LogP contribution in [0.25, 0.3) is 0 Å². The third kappa shape index (κ3) is 2.55. The van der Waals surface area contributed by atoms with Gasteiger partial charge in [0.25, 0.3) is 5.91 Å². The van der Waals surface area contributed by atoms with E-state index in [1.807, 2.05) is 4.90 Å². The van der Waals surface area contributed by atoms with Crippen molar-refractivity contribution < 1.29 is 4.79 Å². The van der Waals surface area contributed by atoms with Crippen LogP contribution in [-0.2, 0) is 0 Å². The summed E-state index contributed by atoms with van der Waals surface area (Å²) in [5.41, 5.74) is 0.540. The van der Waals surface area contributed by atoms with Crippen molar-refractivity contribution >= 4 is 33.4 Å². The van der Waals surface area contributed by atoms with Crippen LogP contribution >= 0.6 is 27.5 Å². The number of carbonyl (C=O) groups is 1. The molecule has 1 fully saturated rings. The van der Waals surface area contributed by atoms with Crippen LogP contribution in [0, 0.1) is 0 Å². The van der Waals surface area contributed by atoms with Gasteiger partial charge >= 0.3 is 0 Å². The molecule has 0 N–H and O–H groups in total. The van der Waals surface area contributed by atoms with Crippen molar-refractivity contribution in [3.63, 3.8) is 0 Å². The van der Waals surface area contributed by atoms with Gasteiger partial charge in [-0.15, -0.1) is 0 Å². The number of likely N-dealkylation sites (tertiary alicyclic amines) is 1. The third-order valence-corrected chi connectivity index (χ3v) is 3.70. The molecule has 0 bridgehead atoms. The first-order valence-corrected chi connectivity index (χ1v) is 6.50. The summed E-state index contributed by atoms with van der Waals surface area (Å²) in [4.78, 5) is 18.3. The monoisotopic (exact) mass is 302 g/mol. The summed E-state index contributed by atoms with van der Waals surface area (Å²) in [6.45, 7) is 1.55. The largest absolute Gasteiger partial charge is 0.337 e. The van der Waals surface area contributed by atoms with Gasteiger partial charge in [0.2, 0.25) is 0 Å². The quantitative estimate of drug-likeness (QED) is 0.747. The molecule has 2 rings (SSSR count). The van der Waals surface area contributed by atoms with Crippen molar-refractivity contribution in [2.45, 2.75) is 17.7 Å². The van der Waals surface area contributed by atoms with Crippen LogP contribution in [0.1, 0.15) is 23.2 Å². The van der Waals surface area contributed by atoms with Crippen LogP contribution in [0.3, 0.4) is 0 Å². The molecule has 1 aliphatic heterocycles. The highest BCUT2D eigenvalue weighted by Crippen LogP contribution is 2.21. The zero-order valence-electron chi connectivity index (χ0n) is 8.70. The van der Waals surface area contributed by atoms with Gasteiger partial charge in [0, 0.05) is 30.3 Å². The number of rotatable bonds is 1. The molecule has 3 nitrogen and oxygen atoms in total. The number of halogens is 2. The summed E-state index contributed by atoms with van der Waals surface area (Å²) in [5.74, 6) is -0.00319. The first-order chi connectivity index (χ1) is 7.68. The Labute approximate surface area is 108 Å². The van der Waals surface area contributed by atoms with E-state index in [4.69, 9.17) is 11.6 Å². The molecule has 1 aliphatic rings. The van der Waals surface area contributed by atoms with Gasteiger partial charge < -0.3 is 4.90 Å². The predicted octanol–water partition coefficient (Wildman–Crippen LogP) is 2.73. The predicted molar refractivity (Wildman–Crippen MR) is 67.1 cm³/mol. The smallest absolute Gasteiger partial charge is 0.255 e. The van der Waals surface area contributed by atoms with E-state index >= 15 is 0 Å². The zero-order valence-corrected chi connectivity index (χ0v) is 11.0. The van der Waals surface area contributed by atoms with Crippen LogP contribution < -0.4 is 0 Å². The van der Waals surface area contributed by atoms with Crippen LogP contribution in [-0.4, -0.2) is 33.7 Å². The van der Waals surface area contributed by atoms with E-state index in [0.29, 0.717) is 15.4 Å². The SMILES string of the molecule is O=C(c1ccncc1Cl)N1CCCC(Br)C1. The van der Waals surface area contributed by atoms with Crippen molar-refractivity contribution in [3.05, 3.63) is 29.0 Å². The Morgan fingerprint density at radius 3 is 3.12 bits per heavy atom. The first-order valence-electron chi connectivity index (χ1n) is 5.21. The molecule has 1 atom stereocenters. The van der Waals surface area contributed by atoms with Crippen LogP contribution in [0.5, 0.6) is 0 Å². The van der Waals surface area contributed by atoms with Crippen LogP contribution in [0.15, 0.2) is 18.5 Å². The Morgan fingerprint density at radius 1 is 1.62 bits per heavy atom. The lowest BCUT2D eigenvalue weighted by Gasteiger charge is -2.30. The summed E-state index contributed by atoms with van der Waals surface area (Å²) in [5, 5.41) is 0.421. The van der Waals surface area contributed by atoms with Gasteiger partial charge in [-0.1, -0.05) is 27.5 Å². The molecule has 86 valence electrons. The average molecular weight is 304 g/mol. The van der Waals surface area contributed by atoms with Crippen molar-refractivity contribution in [1.82, 2.24) is 9.88 Å². The number of nitrogens with zero attached hydrogens (tertiary/aromatic N) is 2. The second kappa shape index (κ2) is 5.15. The normalized spacial score (nSPS) is 20.9. The Hall–Kier alpha value is -0.610. The van der Waals surface area contributed by atoms with Gasteiger partial charge in [-0.25, -0.2) is 0 Å². The fourth-order valence-corrected chi connectivity index (χ4v) is 2.70. The minimum atomic E-state index is -0.00319. The maximum Gasteiger partial charge on any atom is 0.255 e. The van der Waals surface area contributed by atoms with Gasteiger partial charge in [0.1, 0.15) is 0 Å². The molecular formula is C11H12BrClN2O. The summed E-state index contributed by atoms with van der Waals surface area (Å²) in [7, 11) is 0. The lowest BCUT2D eigenvalue weighted by atomic mass is 10.1. The highest BCUT2D eigenvalue weighted by Gasteiger charge is 2.24. The molecule has 1 amide bonds. The molecule has 0 spiro atoms. The second-order valence-corrected chi connectivity index (χ2v) is 5.55. The lowest BCUT2D eigenvalue weighted by molar-refractivity contribution is 0.0730. The summed E-state index contributed by atoms with van der Waals surface area (Å²) in [6, 6.07) is 1.67. The van der Waals surface area contributed by atoms with Crippen molar-refractivity contribution in [3.8, 4) is 0 Å². The molecule has 1 aromatic rings. The fourth-order valence-electron chi connectivity index (χ4n) is 1.83. The highest BCUT2D eigenvalue weighted by molar-refractivity contribution is 9.09. The van der Waals surface area contributed by atoms with Crippen LogP contribution in [0.4, 0.5) is 0 Å². The zero-order chi connectivity index (χ0) is 11.5. The molecule has 5 heteroatoms. The second-order valence-electron chi connectivity index (χ2n) is 3.85. The van der Waals surface area contributed by atoms with E-state index in [1.165, 1.54) is 6.20 Å². The number of hydrogen-bond donors (Lipinski definition) is 0. The Morgan fingerprint density at radius 2 is 2.44 bits per heavy atom. The number of hydrogen-bond acceptors (Lipinski definition) is 2. The molecular weight excluding hydrogens is 291 g/mol. The van der Waals surface area contributed by atoms with E-state index < -0.39 is 0 Å². The summed E-state index contributed by atoms with van der Waals surface area (Å²) >= 11 is 9.50. The lowest BCUT2D eigenvalue weighted by Crippen LogP contribution is -2.40. The van der Waals surface area contributed by atoms with Crippen molar-refractivity contribution in [2.24, 2.45) is 0 Å². The summed E-state index contributed by atoms with van der Waals surface area (Å²) < 4.78 is 0. The number of alkyl halides is 1. The maximum absolute atomic E-state index is 12.2. The van der Waals surface area contributed by atoms with Crippen molar-refractivity contribution in [2.75, 3.05) is 13.1 Å². The molecule has 1 unspecified atom stereocenters. The molecule has 0 aromatic carbocycles. The van der Waals surface area contributed by atoms with E-state index in [-0.39, 0.29) is 5.91 Å². The van der Waals surface area contributed by atoms with Gasteiger partial charge in [-0.2, -0.15) is 0 Å². The molecule has 0 radical (unpaired) electrons. The topological polar surface area (TPSA) is 33.2 Å². The van der Waals surface area contributed by atoms with E-state index in [9.17, 15) is 4.79 Å². The van der Waals surface area contributed by atoms with Crippen molar-refractivity contribution in [1.29, 1.82) is 0 Å². The van der Waals surface area contributed by atoms with E-state index in [1.54, 1.807) is 12.3 Å². The molecule has 1 aromatic heterocycles. The van der Waals surface area contributed by atoms with Gasteiger partial charge in [0.15, 0.2) is 0 Å². The third-order valence-electron chi connectivity index (χ3n) is 2.65. The number of amides is 1. The van der Waals surface area contributed by atoms with Gasteiger partial charge in [-0.3, -0.25) is 9.78 Å². The van der Waals surface area contributed by atoms with Crippen LogP contribution in [0.2, 0.25) is 5.02 Å². The van der Waals surface area contributed by atoms with E-state index in [0.717, 1.165) is 25.9 Å². The molecule has 2 heterocycles. The minimum absolute atomic E-state index is 0.00319. The maximum atomic E-state index is 12.2. The number of aromatic nitrogens is 1. The van der Waals surface area contributed by atoms with Gasteiger partial charge in [-0.05, 0) is 18.9 Å². The van der Waals surface area contributed by atoms with E-state index in [2.05, 4.69) is 20.9 Å². The minimum Gasteiger partial charge on any atom is -0.337 e. The number of piperidine rings is 1. The molecule has 16 heavy (non-hydrogen) atoms. The fraction of sp³-hybridized carbons (Fsp3) is 0.455. The Balaban J connectivity index is 2.16. The molecule has 1 saturated heterocycles. The number of carbonyl (C=O) groups excluding carboxylic acids is 1. The summed E-state index contributed by atoms with van der Waals surface area (Å²) in [6.07, 6.45) is 5.25. The number of pyridine rings is 1. The average Bonchev–Trinajstić information content (AvgIpc) is 2.29. The molecule has 0 aliphatic carbocycles. The van der Waals surface area contributed by atoms with Gasteiger partial charge in [0.05, 0.1) is 10.6 Å². The Kier molecular flexibility index (Phi) is 3.82.